The molecule has 1 aliphatic rings. The zero-order valence-corrected chi connectivity index (χ0v) is 16.0. The molecule has 2 aromatic rings. The van der Waals surface area contributed by atoms with E-state index in [-0.39, 0.29) is 17.6 Å². The number of aromatic nitrogens is 1. The summed E-state index contributed by atoms with van der Waals surface area (Å²) in [5.74, 6) is 0.838. The Hall–Kier alpha value is -2.61. The molecule has 1 aromatic carbocycles. The molecule has 148 valence electrons. The summed E-state index contributed by atoms with van der Waals surface area (Å²) in [7, 11) is 0. The molecular weight excluding hydrogens is 380 g/mol. The molecule has 1 aromatic heterocycles. The molecule has 28 heavy (non-hydrogen) atoms. The van der Waals surface area contributed by atoms with Crippen LogP contribution < -0.4 is 21.1 Å². The van der Waals surface area contributed by atoms with E-state index in [0.717, 1.165) is 5.56 Å². The van der Waals surface area contributed by atoms with Crippen LogP contribution in [0.3, 0.4) is 0 Å². The maximum Gasteiger partial charge on any atom is 0.251 e. The van der Waals surface area contributed by atoms with Gasteiger partial charge in [0.1, 0.15) is 23.3 Å². The van der Waals surface area contributed by atoms with Crippen LogP contribution in [-0.2, 0) is 6.42 Å². The standard InChI is InChI=1S/C20H23ClN4O3/c21-18-10-14-11-19(25-18)23-6-1-2-7-28-15-5-3-4-13(8-15)9-16(17(26)12-22)24-20(14)27/h1-5,8,10-11,16-17,26H,6-7,9,12,22H2,(H,23,25)(H,24,27)/b2-1+/t16-,17+/m0/s1. The average Bonchev–Trinajstić information content (AvgIpc) is 2.68. The number of rotatable bonds is 2. The van der Waals surface area contributed by atoms with Gasteiger partial charge in [0.05, 0.1) is 12.1 Å². The first-order chi connectivity index (χ1) is 13.5. The van der Waals surface area contributed by atoms with E-state index >= 15 is 0 Å². The van der Waals surface area contributed by atoms with Crippen LogP contribution >= 0.6 is 11.6 Å². The second-order valence-corrected chi connectivity index (χ2v) is 6.85. The third-order valence-electron chi connectivity index (χ3n) is 4.35. The Morgan fingerprint density at radius 3 is 3.00 bits per heavy atom. The molecule has 5 N–H and O–H groups in total. The fourth-order valence-electron chi connectivity index (χ4n) is 2.89. The topological polar surface area (TPSA) is 110 Å². The van der Waals surface area contributed by atoms with Crippen LogP contribution in [0, 0.1) is 0 Å². The Balaban J connectivity index is 1.93. The van der Waals surface area contributed by atoms with Gasteiger partial charge in [-0.1, -0.05) is 29.8 Å². The zero-order chi connectivity index (χ0) is 19.9. The van der Waals surface area contributed by atoms with E-state index in [2.05, 4.69) is 15.6 Å². The minimum atomic E-state index is -0.898. The summed E-state index contributed by atoms with van der Waals surface area (Å²) >= 11 is 6.06. The van der Waals surface area contributed by atoms with Crippen molar-refractivity contribution in [1.29, 1.82) is 0 Å². The SMILES string of the molecule is NC[C@@H](O)[C@@H]1Cc2cccc(c2)OC/C=C/CNc2cc(cc(Cl)n2)C(=O)N1. The molecule has 0 radical (unpaired) electrons. The quantitative estimate of drug-likeness (QED) is 0.450. The van der Waals surface area contributed by atoms with Crippen molar-refractivity contribution in [3.05, 3.63) is 64.8 Å². The van der Waals surface area contributed by atoms with Gasteiger partial charge in [0.15, 0.2) is 0 Å². The first-order valence-electron chi connectivity index (χ1n) is 9.02. The number of hydrogen-bond donors (Lipinski definition) is 4. The molecule has 2 heterocycles. The molecule has 0 aliphatic carbocycles. The fraction of sp³-hybridized carbons (Fsp3) is 0.300. The minimum absolute atomic E-state index is 0.0236. The number of nitrogens with one attached hydrogen (secondary N) is 2. The van der Waals surface area contributed by atoms with Gasteiger partial charge in [-0.25, -0.2) is 4.98 Å². The number of benzene rings is 1. The van der Waals surface area contributed by atoms with Crippen molar-refractivity contribution in [1.82, 2.24) is 10.3 Å². The molecule has 0 fully saturated rings. The third-order valence-corrected chi connectivity index (χ3v) is 4.54. The second kappa shape index (κ2) is 9.54. The molecule has 2 atom stereocenters. The van der Waals surface area contributed by atoms with E-state index in [1.165, 1.54) is 6.07 Å². The van der Waals surface area contributed by atoms with E-state index in [1.54, 1.807) is 6.07 Å². The number of aliphatic hydroxyl groups is 1. The number of nitrogens with two attached hydrogens (primary N) is 1. The molecule has 0 spiro atoms. The first kappa shape index (κ1) is 20.1. The van der Waals surface area contributed by atoms with Gasteiger partial charge in [0.25, 0.3) is 5.91 Å². The Morgan fingerprint density at radius 1 is 1.32 bits per heavy atom. The lowest BCUT2D eigenvalue weighted by Gasteiger charge is -2.24. The number of aliphatic hydroxyl groups excluding tert-OH is 1. The highest BCUT2D eigenvalue weighted by Crippen LogP contribution is 2.18. The Bertz CT molecular complexity index is 859. The normalized spacial score (nSPS) is 19.7. The smallest absolute Gasteiger partial charge is 0.251 e. The molecule has 7 nitrogen and oxygen atoms in total. The highest BCUT2D eigenvalue weighted by molar-refractivity contribution is 6.29. The lowest BCUT2D eigenvalue weighted by atomic mass is 10.0. The van der Waals surface area contributed by atoms with Crippen LogP contribution in [0.5, 0.6) is 5.75 Å². The van der Waals surface area contributed by atoms with Gasteiger partial charge in [0.2, 0.25) is 0 Å². The van der Waals surface area contributed by atoms with Crippen molar-refractivity contribution >= 4 is 23.3 Å². The molecule has 0 saturated heterocycles. The summed E-state index contributed by atoms with van der Waals surface area (Å²) in [4.78, 5) is 16.9. The van der Waals surface area contributed by atoms with Crippen LogP contribution in [0.2, 0.25) is 5.15 Å². The molecule has 0 saturated carbocycles. The molecule has 4 bridgehead atoms. The van der Waals surface area contributed by atoms with Crippen LogP contribution in [0.15, 0.2) is 48.6 Å². The Labute approximate surface area is 168 Å². The summed E-state index contributed by atoms with van der Waals surface area (Å²) in [5.41, 5.74) is 6.91. The first-order valence-corrected chi connectivity index (χ1v) is 9.40. The van der Waals surface area contributed by atoms with Crippen LogP contribution in [0.1, 0.15) is 15.9 Å². The van der Waals surface area contributed by atoms with Crippen LogP contribution in [-0.4, -0.2) is 47.8 Å². The molecular formula is C20H23ClN4O3. The number of pyridine rings is 1. The fourth-order valence-corrected chi connectivity index (χ4v) is 3.10. The number of carbonyl (C=O) groups excluding carboxylic acids is 1. The van der Waals surface area contributed by atoms with E-state index in [9.17, 15) is 9.90 Å². The number of hydrogen-bond acceptors (Lipinski definition) is 6. The predicted octanol–water partition coefficient (Wildman–Crippen LogP) is 1.76. The van der Waals surface area contributed by atoms with Crippen molar-refractivity contribution in [3.63, 3.8) is 0 Å². The summed E-state index contributed by atoms with van der Waals surface area (Å²) in [6.07, 6.45) is 3.31. The van der Waals surface area contributed by atoms with Gasteiger partial charge < -0.3 is 26.2 Å². The molecule has 8 heteroatoms. The minimum Gasteiger partial charge on any atom is -0.490 e. The third kappa shape index (κ3) is 5.45. The average molecular weight is 403 g/mol. The maximum atomic E-state index is 12.8. The van der Waals surface area contributed by atoms with Gasteiger partial charge in [-0.2, -0.15) is 0 Å². The molecule has 3 rings (SSSR count). The zero-order valence-electron chi connectivity index (χ0n) is 15.3. The lowest BCUT2D eigenvalue weighted by molar-refractivity contribution is 0.0845. The maximum absolute atomic E-state index is 12.8. The number of halogens is 1. The van der Waals surface area contributed by atoms with Gasteiger partial charge in [-0.3, -0.25) is 4.79 Å². The van der Waals surface area contributed by atoms with E-state index in [4.69, 9.17) is 22.1 Å². The largest absolute Gasteiger partial charge is 0.490 e. The van der Waals surface area contributed by atoms with Crippen molar-refractivity contribution < 1.29 is 14.6 Å². The number of amides is 1. The van der Waals surface area contributed by atoms with E-state index < -0.39 is 12.1 Å². The summed E-state index contributed by atoms with van der Waals surface area (Å²) in [6.45, 7) is 0.951. The highest BCUT2D eigenvalue weighted by atomic mass is 35.5. The van der Waals surface area contributed by atoms with E-state index in [0.29, 0.717) is 36.7 Å². The van der Waals surface area contributed by atoms with Crippen molar-refractivity contribution in [2.75, 3.05) is 25.0 Å². The predicted molar refractivity (Wildman–Crippen MR) is 109 cm³/mol. The number of nitrogens with zero attached hydrogens (tertiary/aromatic N) is 1. The van der Waals surface area contributed by atoms with Crippen LogP contribution in [0.4, 0.5) is 5.82 Å². The molecule has 0 unspecified atom stereocenters. The van der Waals surface area contributed by atoms with Crippen molar-refractivity contribution in [2.24, 2.45) is 5.73 Å². The summed E-state index contributed by atoms with van der Waals surface area (Å²) in [5, 5.41) is 16.5. The molecule has 1 aliphatic heterocycles. The van der Waals surface area contributed by atoms with Crippen molar-refractivity contribution in [3.8, 4) is 5.75 Å². The number of anilines is 1. The van der Waals surface area contributed by atoms with Gasteiger partial charge >= 0.3 is 0 Å². The summed E-state index contributed by atoms with van der Waals surface area (Å²) in [6, 6.07) is 10.1. The second-order valence-electron chi connectivity index (χ2n) is 6.46. The number of ether oxygens (including phenoxy) is 1. The Kier molecular flexibility index (Phi) is 6.86. The monoisotopic (exact) mass is 402 g/mol. The van der Waals surface area contributed by atoms with Gasteiger partial charge in [-0.15, -0.1) is 0 Å². The highest BCUT2D eigenvalue weighted by Gasteiger charge is 2.22. The number of fused-ring (bicyclic) bond motifs is 4. The Morgan fingerprint density at radius 2 is 2.18 bits per heavy atom. The molecule has 1 amide bonds. The summed E-state index contributed by atoms with van der Waals surface area (Å²) < 4.78 is 5.73. The van der Waals surface area contributed by atoms with Crippen molar-refractivity contribution in [2.45, 2.75) is 18.6 Å². The van der Waals surface area contributed by atoms with Gasteiger partial charge in [-0.05, 0) is 42.3 Å². The van der Waals surface area contributed by atoms with Gasteiger partial charge in [0, 0.05) is 18.7 Å². The van der Waals surface area contributed by atoms with Crippen LogP contribution in [0.25, 0.3) is 0 Å². The lowest BCUT2D eigenvalue weighted by Crippen LogP contribution is -2.47. The number of carbonyl (C=O) groups is 1. The van der Waals surface area contributed by atoms with E-state index in [1.807, 2.05) is 36.4 Å².